The van der Waals surface area contributed by atoms with Crippen molar-refractivity contribution in [3.05, 3.63) is 27.3 Å². The van der Waals surface area contributed by atoms with Crippen LogP contribution >= 0.6 is 22.6 Å². The van der Waals surface area contributed by atoms with Crippen LogP contribution in [0, 0.1) is 3.57 Å². The monoisotopic (exact) mass is 348 g/mol. The Kier molecular flexibility index (Phi) is 5.70. The summed E-state index contributed by atoms with van der Waals surface area (Å²) in [4.78, 5) is 13.8. The fraction of sp³-hybridized carbons (Fsp3) is 0.417. The second-order valence-corrected chi connectivity index (χ2v) is 5.24. The summed E-state index contributed by atoms with van der Waals surface area (Å²) in [7, 11) is 4.00. The summed E-state index contributed by atoms with van der Waals surface area (Å²) in [6.45, 7) is 1.59. The quantitative estimate of drug-likeness (QED) is 0.629. The molecule has 4 nitrogen and oxygen atoms in total. The van der Waals surface area contributed by atoms with Crippen LogP contribution in [-0.4, -0.2) is 43.1 Å². The van der Waals surface area contributed by atoms with Crippen LogP contribution in [-0.2, 0) is 0 Å². The van der Waals surface area contributed by atoms with Crippen molar-refractivity contribution in [2.45, 2.75) is 6.42 Å². The molecule has 0 heterocycles. The van der Waals surface area contributed by atoms with Crippen LogP contribution < -0.4 is 5.32 Å². The molecule has 0 aliphatic heterocycles. The van der Waals surface area contributed by atoms with Crippen LogP contribution in [0.4, 0.5) is 0 Å². The van der Waals surface area contributed by atoms with E-state index in [0.29, 0.717) is 12.1 Å². The predicted octanol–water partition coefficient (Wildman–Crippen LogP) is 1.68. The van der Waals surface area contributed by atoms with Crippen LogP contribution in [0.15, 0.2) is 18.2 Å². The molecule has 5 heteroatoms. The molecule has 0 bridgehead atoms. The molecular formula is C12H17IN2O2. The van der Waals surface area contributed by atoms with Crippen molar-refractivity contribution in [3.63, 3.8) is 0 Å². The van der Waals surface area contributed by atoms with Crippen LogP contribution in [0.5, 0.6) is 5.75 Å². The van der Waals surface area contributed by atoms with Crippen molar-refractivity contribution < 1.29 is 9.90 Å². The summed E-state index contributed by atoms with van der Waals surface area (Å²) in [6, 6.07) is 4.93. The molecule has 94 valence electrons. The van der Waals surface area contributed by atoms with Gasteiger partial charge in [0.1, 0.15) is 5.75 Å². The van der Waals surface area contributed by atoms with E-state index >= 15 is 0 Å². The van der Waals surface area contributed by atoms with Gasteiger partial charge < -0.3 is 15.3 Å². The number of phenolic OH excluding ortho intramolecular Hbond substituents is 1. The first-order valence-corrected chi connectivity index (χ1v) is 6.50. The summed E-state index contributed by atoms with van der Waals surface area (Å²) < 4.78 is 0.742. The molecule has 1 aromatic rings. The first-order chi connectivity index (χ1) is 8.00. The van der Waals surface area contributed by atoms with Gasteiger partial charge in [-0.15, -0.1) is 0 Å². The van der Waals surface area contributed by atoms with E-state index in [1.807, 2.05) is 36.7 Å². The molecule has 17 heavy (non-hydrogen) atoms. The molecule has 2 N–H and O–H groups in total. The van der Waals surface area contributed by atoms with Gasteiger partial charge in [-0.2, -0.15) is 0 Å². The maximum atomic E-state index is 11.7. The van der Waals surface area contributed by atoms with Gasteiger partial charge in [-0.1, -0.05) is 0 Å². The van der Waals surface area contributed by atoms with E-state index in [1.54, 1.807) is 12.1 Å². The third kappa shape index (κ3) is 4.91. The number of carbonyl (C=O) groups excluding carboxylic acids is 1. The standard InChI is InChI=1S/C12H17IN2O2/c1-15(2)7-3-6-14-12(17)9-4-5-10(13)11(16)8-9/h4-5,8,16H,3,6-7H2,1-2H3,(H,14,17). The lowest BCUT2D eigenvalue weighted by Crippen LogP contribution is -2.27. The van der Waals surface area contributed by atoms with E-state index < -0.39 is 0 Å². The Balaban J connectivity index is 2.44. The number of carbonyl (C=O) groups is 1. The Morgan fingerprint density at radius 1 is 1.47 bits per heavy atom. The summed E-state index contributed by atoms with van der Waals surface area (Å²) in [5, 5.41) is 12.3. The van der Waals surface area contributed by atoms with Gasteiger partial charge in [0.15, 0.2) is 0 Å². The van der Waals surface area contributed by atoms with Gasteiger partial charge in [0, 0.05) is 12.1 Å². The van der Waals surface area contributed by atoms with Crippen molar-refractivity contribution in [1.82, 2.24) is 10.2 Å². The van der Waals surface area contributed by atoms with Crippen LogP contribution in [0.2, 0.25) is 0 Å². The SMILES string of the molecule is CN(C)CCCNC(=O)c1ccc(I)c(O)c1. The molecule has 0 spiro atoms. The highest BCUT2D eigenvalue weighted by molar-refractivity contribution is 14.1. The zero-order valence-corrected chi connectivity index (χ0v) is 12.2. The average molecular weight is 348 g/mol. The largest absolute Gasteiger partial charge is 0.507 e. The number of benzene rings is 1. The third-order valence-corrected chi connectivity index (χ3v) is 3.19. The lowest BCUT2D eigenvalue weighted by molar-refractivity contribution is 0.0952. The molecule has 1 aromatic carbocycles. The van der Waals surface area contributed by atoms with Gasteiger partial charge in [0.05, 0.1) is 3.57 Å². The minimum atomic E-state index is -0.143. The molecule has 0 unspecified atom stereocenters. The number of rotatable bonds is 5. The number of amides is 1. The van der Waals surface area contributed by atoms with E-state index in [2.05, 4.69) is 10.2 Å². The van der Waals surface area contributed by atoms with Gasteiger partial charge in [-0.3, -0.25) is 4.79 Å². The van der Waals surface area contributed by atoms with E-state index in [-0.39, 0.29) is 11.7 Å². The Morgan fingerprint density at radius 3 is 2.76 bits per heavy atom. The Morgan fingerprint density at radius 2 is 2.18 bits per heavy atom. The lowest BCUT2D eigenvalue weighted by atomic mass is 10.2. The fourth-order valence-electron chi connectivity index (χ4n) is 1.35. The van der Waals surface area contributed by atoms with Crippen molar-refractivity contribution in [3.8, 4) is 5.75 Å². The zero-order valence-electron chi connectivity index (χ0n) is 10.0. The van der Waals surface area contributed by atoms with Crippen molar-refractivity contribution in [1.29, 1.82) is 0 Å². The fourth-order valence-corrected chi connectivity index (χ4v) is 1.69. The highest BCUT2D eigenvalue weighted by Gasteiger charge is 2.07. The lowest BCUT2D eigenvalue weighted by Gasteiger charge is -2.10. The summed E-state index contributed by atoms with van der Waals surface area (Å²) in [5.41, 5.74) is 0.493. The number of hydrogen-bond donors (Lipinski definition) is 2. The number of hydrogen-bond acceptors (Lipinski definition) is 3. The summed E-state index contributed by atoms with van der Waals surface area (Å²) >= 11 is 2.02. The molecule has 0 saturated heterocycles. The van der Waals surface area contributed by atoms with Gasteiger partial charge in [-0.25, -0.2) is 0 Å². The minimum absolute atomic E-state index is 0.143. The smallest absolute Gasteiger partial charge is 0.251 e. The van der Waals surface area contributed by atoms with Crippen molar-refractivity contribution in [2.24, 2.45) is 0 Å². The van der Waals surface area contributed by atoms with Gasteiger partial charge >= 0.3 is 0 Å². The van der Waals surface area contributed by atoms with Gasteiger partial charge in [0.25, 0.3) is 5.91 Å². The molecule has 0 radical (unpaired) electrons. The first-order valence-electron chi connectivity index (χ1n) is 5.42. The van der Waals surface area contributed by atoms with Gasteiger partial charge in [0.2, 0.25) is 0 Å². The van der Waals surface area contributed by atoms with E-state index in [4.69, 9.17) is 0 Å². The van der Waals surface area contributed by atoms with E-state index in [9.17, 15) is 9.90 Å². The summed E-state index contributed by atoms with van der Waals surface area (Å²) in [6.07, 6.45) is 0.912. The van der Waals surface area contributed by atoms with E-state index in [1.165, 1.54) is 6.07 Å². The Bertz CT molecular complexity index is 394. The average Bonchev–Trinajstić information content (AvgIpc) is 2.27. The number of nitrogens with one attached hydrogen (secondary N) is 1. The highest BCUT2D eigenvalue weighted by Crippen LogP contribution is 2.20. The maximum Gasteiger partial charge on any atom is 0.251 e. The number of nitrogens with zero attached hydrogens (tertiary/aromatic N) is 1. The third-order valence-electron chi connectivity index (χ3n) is 2.28. The zero-order chi connectivity index (χ0) is 12.8. The molecule has 0 fully saturated rings. The van der Waals surface area contributed by atoms with Gasteiger partial charge in [-0.05, 0) is 67.9 Å². The number of phenols is 1. The van der Waals surface area contributed by atoms with Crippen molar-refractivity contribution >= 4 is 28.5 Å². The Hall–Kier alpha value is -0.820. The normalized spacial score (nSPS) is 10.6. The first kappa shape index (κ1) is 14.2. The summed E-state index contributed by atoms with van der Waals surface area (Å²) in [5.74, 6) is 0.00185. The second-order valence-electron chi connectivity index (χ2n) is 4.08. The molecule has 1 rings (SSSR count). The Labute approximate surface area is 115 Å². The molecule has 0 atom stereocenters. The molecule has 0 aliphatic carbocycles. The number of aromatic hydroxyl groups is 1. The molecule has 1 amide bonds. The van der Waals surface area contributed by atoms with E-state index in [0.717, 1.165) is 16.5 Å². The molecule has 0 aromatic heterocycles. The van der Waals surface area contributed by atoms with Crippen LogP contribution in [0.25, 0.3) is 0 Å². The molecule has 0 saturated carbocycles. The van der Waals surface area contributed by atoms with Crippen molar-refractivity contribution in [2.75, 3.05) is 27.2 Å². The maximum absolute atomic E-state index is 11.7. The number of halogens is 1. The van der Waals surface area contributed by atoms with Crippen LogP contribution in [0.3, 0.4) is 0 Å². The van der Waals surface area contributed by atoms with Crippen LogP contribution in [0.1, 0.15) is 16.8 Å². The highest BCUT2D eigenvalue weighted by atomic mass is 127. The predicted molar refractivity (Wildman–Crippen MR) is 76.3 cm³/mol. The molecular weight excluding hydrogens is 331 g/mol. The topological polar surface area (TPSA) is 52.6 Å². The second kappa shape index (κ2) is 6.80. The minimum Gasteiger partial charge on any atom is -0.507 e. The molecule has 0 aliphatic rings.